The number of nitrogens with one attached hydrogen (secondary N) is 2. The second kappa shape index (κ2) is 10.8. The van der Waals surface area contributed by atoms with E-state index in [1.54, 1.807) is 60.7 Å². The van der Waals surface area contributed by atoms with Gasteiger partial charge in [-0.15, -0.1) is 0 Å². The molecule has 9 heteroatoms. The molecule has 8 nitrogen and oxygen atoms in total. The second-order valence-electron chi connectivity index (χ2n) is 8.41. The number of anilines is 2. The highest BCUT2D eigenvalue weighted by atomic mass is 32.2. The molecule has 2 amide bonds. The number of nitrogens with zero attached hydrogens (tertiary/aromatic N) is 2. The van der Waals surface area contributed by atoms with Crippen molar-refractivity contribution in [1.29, 1.82) is 0 Å². The number of amides is 2. The summed E-state index contributed by atoms with van der Waals surface area (Å²) in [6.07, 6.45) is 0. The molecule has 1 aliphatic heterocycles. The van der Waals surface area contributed by atoms with Crippen molar-refractivity contribution < 1.29 is 18.0 Å². The molecule has 0 bridgehead atoms. The Kier molecular flexibility index (Phi) is 7.60. The molecular weight excluding hydrogens is 464 g/mol. The summed E-state index contributed by atoms with van der Waals surface area (Å²) in [4.78, 5) is 27.6. The van der Waals surface area contributed by atoms with E-state index in [2.05, 4.69) is 10.6 Å². The lowest BCUT2D eigenvalue weighted by Crippen LogP contribution is -2.50. The predicted molar refractivity (Wildman–Crippen MR) is 136 cm³/mol. The van der Waals surface area contributed by atoms with E-state index < -0.39 is 10.0 Å². The van der Waals surface area contributed by atoms with Gasteiger partial charge in [-0.05, 0) is 43.3 Å². The van der Waals surface area contributed by atoms with Crippen LogP contribution in [0.2, 0.25) is 0 Å². The molecule has 182 valence electrons. The zero-order chi connectivity index (χ0) is 24.8. The van der Waals surface area contributed by atoms with Crippen LogP contribution in [-0.4, -0.2) is 62.2 Å². The maximum atomic E-state index is 12.9. The van der Waals surface area contributed by atoms with Crippen molar-refractivity contribution in [2.24, 2.45) is 0 Å². The number of hydrogen-bond donors (Lipinski definition) is 2. The molecule has 0 aliphatic carbocycles. The van der Waals surface area contributed by atoms with Crippen LogP contribution in [0.4, 0.5) is 11.4 Å². The summed E-state index contributed by atoms with van der Waals surface area (Å²) in [7, 11) is -3.56. The van der Waals surface area contributed by atoms with Crippen LogP contribution in [0.15, 0.2) is 83.8 Å². The number of rotatable bonds is 7. The number of carbonyl (C=O) groups excluding carboxylic acids is 2. The number of aryl methyl sites for hydroxylation is 1. The van der Waals surface area contributed by atoms with Crippen molar-refractivity contribution in [2.75, 3.05) is 43.4 Å². The number of benzene rings is 3. The maximum Gasteiger partial charge on any atom is 0.257 e. The van der Waals surface area contributed by atoms with Gasteiger partial charge in [-0.3, -0.25) is 14.5 Å². The standard InChI is InChI=1S/C26H28N4O4S/c1-20-11-13-22(14-12-20)35(33,34)30-17-15-29(16-18-30)19-25(31)28-24-10-6-5-9-23(24)26(32)27-21-7-3-2-4-8-21/h2-14H,15-19H2,1H3,(H,27,32)(H,28,31). The Hall–Kier alpha value is -3.53. The molecule has 1 fully saturated rings. The van der Waals surface area contributed by atoms with Crippen LogP contribution in [0, 0.1) is 6.92 Å². The lowest BCUT2D eigenvalue weighted by Gasteiger charge is -2.33. The Bertz CT molecular complexity index is 1290. The zero-order valence-electron chi connectivity index (χ0n) is 19.5. The molecule has 1 saturated heterocycles. The molecule has 0 saturated carbocycles. The van der Waals surface area contributed by atoms with Gasteiger partial charge in [-0.1, -0.05) is 48.0 Å². The third-order valence-corrected chi connectivity index (χ3v) is 7.75. The molecule has 2 N–H and O–H groups in total. The van der Waals surface area contributed by atoms with E-state index in [1.807, 2.05) is 30.0 Å². The van der Waals surface area contributed by atoms with Gasteiger partial charge in [0.15, 0.2) is 0 Å². The predicted octanol–water partition coefficient (Wildman–Crippen LogP) is 3.19. The Balaban J connectivity index is 1.33. The molecule has 0 spiro atoms. The third kappa shape index (κ3) is 6.13. The highest BCUT2D eigenvalue weighted by Crippen LogP contribution is 2.20. The average Bonchev–Trinajstić information content (AvgIpc) is 2.85. The summed E-state index contributed by atoms with van der Waals surface area (Å²) in [5, 5.41) is 5.65. The summed E-state index contributed by atoms with van der Waals surface area (Å²) < 4.78 is 27.2. The Morgan fingerprint density at radius 2 is 1.43 bits per heavy atom. The van der Waals surface area contributed by atoms with Crippen LogP contribution in [0.5, 0.6) is 0 Å². The lowest BCUT2D eigenvalue weighted by atomic mass is 10.1. The SMILES string of the molecule is Cc1ccc(S(=O)(=O)N2CCN(CC(=O)Nc3ccccc3C(=O)Nc3ccccc3)CC2)cc1. The van der Waals surface area contributed by atoms with Crippen molar-refractivity contribution in [3.05, 3.63) is 90.0 Å². The minimum atomic E-state index is -3.56. The van der Waals surface area contributed by atoms with Gasteiger partial charge >= 0.3 is 0 Å². The quantitative estimate of drug-likeness (QED) is 0.528. The van der Waals surface area contributed by atoms with Gasteiger partial charge in [-0.25, -0.2) is 8.42 Å². The van der Waals surface area contributed by atoms with Gasteiger partial charge in [0.1, 0.15) is 0 Å². The van der Waals surface area contributed by atoms with Gasteiger partial charge in [0, 0.05) is 31.9 Å². The van der Waals surface area contributed by atoms with Gasteiger partial charge in [0.05, 0.1) is 22.7 Å². The van der Waals surface area contributed by atoms with Crippen LogP contribution >= 0.6 is 0 Å². The fraction of sp³-hybridized carbons (Fsp3) is 0.231. The fourth-order valence-corrected chi connectivity index (χ4v) is 5.31. The number of para-hydroxylation sites is 2. The van der Waals surface area contributed by atoms with E-state index in [-0.39, 0.29) is 23.3 Å². The highest BCUT2D eigenvalue weighted by molar-refractivity contribution is 7.89. The summed E-state index contributed by atoms with van der Waals surface area (Å²) >= 11 is 0. The number of sulfonamides is 1. The van der Waals surface area contributed by atoms with Gasteiger partial charge in [0.2, 0.25) is 15.9 Å². The first-order valence-electron chi connectivity index (χ1n) is 11.4. The molecule has 0 aromatic heterocycles. The minimum absolute atomic E-state index is 0.104. The first kappa shape index (κ1) is 24.6. The highest BCUT2D eigenvalue weighted by Gasteiger charge is 2.29. The second-order valence-corrected chi connectivity index (χ2v) is 10.3. The Labute approximate surface area is 205 Å². The van der Waals surface area contributed by atoms with Crippen molar-refractivity contribution in [2.45, 2.75) is 11.8 Å². The molecule has 0 radical (unpaired) electrons. The average molecular weight is 493 g/mol. The van der Waals surface area contributed by atoms with E-state index in [4.69, 9.17) is 0 Å². The van der Waals surface area contributed by atoms with Crippen molar-refractivity contribution in [3.63, 3.8) is 0 Å². The zero-order valence-corrected chi connectivity index (χ0v) is 20.3. The molecule has 1 aliphatic rings. The topological polar surface area (TPSA) is 98.8 Å². The largest absolute Gasteiger partial charge is 0.324 e. The molecule has 0 unspecified atom stereocenters. The normalized spacial score (nSPS) is 14.9. The first-order valence-corrected chi connectivity index (χ1v) is 12.8. The Morgan fingerprint density at radius 1 is 0.800 bits per heavy atom. The molecule has 4 rings (SSSR count). The van der Waals surface area contributed by atoms with E-state index in [9.17, 15) is 18.0 Å². The monoisotopic (exact) mass is 492 g/mol. The number of hydrogen-bond acceptors (Lipinski definition) is 5. The maximum absolute atomic E-state index is 12.9. The smallest absolute Gasteiger partial charge is 0.257 e. The van der Waals surface area contributed by atoms with E-state index in [1.165, 1.54) is 4.31 Å². The number of carbonyl (C=O) groups is 2. The summed E-state index contributed by atoms with van der Waals surface area (Å²) in [5.41, 5.74) is 2.45. The van der Waals surface area contributed by atoms with E-state index >= 15 is 0 Å². The Morgan fingerprint density at radius 3 is 2.11 bits per heavy atom. The molecule has 35 heavy (non-hydrogen) atoms. The summed E-state index contributed by atoms with van der Waals surface area (Å²) in [5.74, 6) is -0.582. The van der Waals surface area contributed by atoms with Crippen molar-refractivity contribution in [1.82, 2.24) is 9.21 Å². The molecule has 3 aromatic carbocycles. The van der Waals surface area contributed by atoms with E-state index in [0.717, 1.165) is 5.56 Å². The first-order chi connectivity index (χ1) is 16.8. The van der Waals surface area contributed by atoms with Crippen LogP contribution in [0.3, 0.4) is 0 Å². The third-order valence-electron chi connectivity index (χ3n) is 5.83. The van der Waals surface area contributed by atoms with E-state index in [0.29, 0.717) is 43.1 Å². The van der Waals surface area contributed by atoms with Crippen molar-refractivity contribution >= 4 is 33.2 Å². The van der Waals surface area contributed by atoms with Crippen LogP contribution < -0.4 is 10.6 Å². The fourth-order valence-electron chi connectivity index (χ4n) is 3.89. The summed E-state index contributed by atoms with van der Waals surface area (Å²) in [6, 6.07) is 22.7. The molecule has 0 atom stereocenters. The summed E-state index contributed by atoms with van der Waals surface area (Å²) in [6.45, 7) is 3.50. The van der Waals surface area contributed by atoms with Crippen LogP contribution in [-0.2, 0) is 14.8 Å². The number of piperazine rings is 1. The van der Waals surface area contributed by atoms with Gasteiger partial charge in [-0.2, -0.15) is 4.31 Å². The molecule has 3 aromatic rings. The van der Waals surface area contributed by atoms with Crippen molar-refractivity contribution in [3.8, 4) is 0 Å². The lowest BCUT2D eigenvalue weighted by molar-refractivity contribution is -0.117. The van der Waals surface area contributed by atoms with Gasteiger partial charge < -0.3 is 10.6 Å². The molecular formula is C26H28N4O4S. The van der Waals surface area contributed by atoms with Crippen LogP contribution in [0.1, 0.15) is 15.9 Å². The minimum Gasteiger partial charge on any atom is -0.324 e. The van der Waals surface area contributed by atoms with Crippen LogP contribution in [0.25, 0.3) is 0 Å². The molecule has 1 heterocycles. The van der Waals surface area contributed by atoms with Gasteiger partial charge in [0.25, 0.3) is 5.91 Å².